The molecule has 62 valence electrons. The molecular weight excluding hydrogens is 144 g/mol. The summed E-state index contributed by atoms with van der Waals surface area (Å²) < 4.78 is 5.14. The second kappa shape index (κ2) is 3.07. The number of hydrogen-bond donors (Lipinski definition) is 2. The van der Waals surface area contributed by atoms with Crippen LogP contribution < -0.4 is 0 Å². The molecule has 0 aliphatic heterocycles. The Kier molecular flexibility index (Phi) is 2.31. The smallest absolute Gasteiger partial charge is 0.132 e. The molecule has 0 fully saturated rings. The standard InChI is InChI=1S/C8H12O3/c1-5-6(2)8(4-10)11-7(5)3-9/h9-10H,3-4H2,1-2H3. The van der Waals surface area contributed by atoms with Gasteiger partial charge in [0.1, 0.15) is 24.7 Å². The average molecular weight is 156 g/mol. The first-order chi connectivity index (χ1) is 5.20. The fourth-order valence-corrected chi connectivity index (χ4v) is 1.02. The van der Waals surface area contributed by atoms with Gasteiger partial charge in [-0.25, -0.2) is 0 Å². The van der Waals surface area contributed by atoms with Crippen molar-refractivity contribution in [2.75, 3.05) is 0 Å². The second-order valence-corrected chi connectivity index (χ2v) is 2.51. The topological polar surface area (TPSA) is 53.6 Å². The van der Waals surface area contributed by atoms with Crippen molar-refractivity contribution in [2.45, 2.75) is 27.1 Å². The molecule has 1 aromatic rings. The number of aliphatic hydroxyl groups is 2. The predicted molar refractivity (Wildman–Crippen MR) is 40.0 cm³/mol. The lowest BCUT2D eigenvalue weighted by molar-refractivity contribution is 0.214. The summed E-state index contributed by atoms with van der Waals surface area (Å²) in [6, 6.07) is 0. The fourth-order valence-electron chi connectivity index (χ4n) is 1.02. The number of furan rings is 1. The lowest BCUT2D eigenvalue weighted by Crippen LogP contribution is -1.82. The molecule has 3 nitrogen and oxygen atoms in total. The molecule has 0 saturated heterocycles. The van der Waals surface area contributed by atoms with Crippen LogP contribution in [0.3, 0.4) is 0 Å². The van der Waals surface area contributed by atoms with Crippen LogP contribution in [0.4, 0.5) is 0 Å². The highest BCUT2D eigenvalue weighted by Gasteiger charge is 2.10. The van der Waals surface area contributed by atoms with Gasteiger partial charge < -0.3 is 14.6 Å². The molecule has 0 atom stereocenters. The van der Waals surface area contributed by atoms with Gasteiger partial charge in [0.2, 0.25) is 0 Å². The van der Waals surface area contributed by atoms with E-state index in [-0.39, 0.29) is 13.2 Å². The minimum atomic E-state index is -0.104. The molecule has 0 bridgehead atoms. The van der Waals surface area contributed by atoms with E-state index in [9.17, 15) is 0 Å². The molecule has 1 aromatic heterocycles. The van der Waals surface area contributed by atoms with Gasteiger partial charge in [0.15, 0.2) is 0 Å². The summed E-state index contributed by atoms with van der Waals surface area (Å²) in [5.74, 6) is 1.10. The predicted octanol–water partition coefficient (Wildman–Crippen LogP) is 0.881. The van der Waals surface area contributed by atoms with E-state index in [1.54, 1.807) is 0 Å². The van der Waals surface area contributed by atoms with Gasteiger partial charge in [-0.1, -0.05) is 0 Å². The van der Waals surface area contributed by atoms with Crippen molar-refractivity contribution in [3.8, 4) is 0 Å². The van der Waals surface area contributed by atoms with E-state index in [0.29, 0.717) is 11.5 Å². The minimum absolute atomic E-state index is 0.104. The van der Waals surface area contributed by atoms with Gasteiger partial charge in [0.25, 0.3) is 0 Å². The summed E-state index contributed by atoms with van der Waals surface area (Å²) in [6.07, 6.45) is 0. The van der Waals surface area contributed by atoms with E-state index in [4.69, 9.17) is 14.6 Å². The fraction of sp³-hybridized carbons (Fsp3) is 0.500. The molecule has 2 N–H and O–H groups in total. The quantitative estimate of drug-likeness (QED) is 0.668. The van der Waals surface area contributed by atoms with Gasteiger partial charge in [0, 0.05) is 0 Å². The highest BCUT2D eigenvalue weighted by atomic mass is 16.4. The van der Waals surface area contributed by atoms with E-state index < -0.39 is 0 Å². The van der Waals surface area contributed by atoms with E-state index in [1.165, 1.54) is 0 Å². The lowest BCUT2D eigenvalue weighted by atomic mass is 10.1. The number of aliphatic hydroxyl groups excluding tert-OH is 2. The van der Waals surface area contributed by atoms with Crippen LogP contribution in [-0.4, -0.2) is 10.2 Å². The first kappa shape index (κ1) is 8.30. The summed E-state index contributed by atoms with van der Waals surface area (Å²) in [6.45, 7) is 3.52. The van der Waals surface area contributed by atoms with Crippen molar-refractivity contribution in [3.63, 3.8) is 0 Å². The monoisotopic (exact) mass is 156 g/mol. The Balaban J connectivity index is 3.12. The van der Waals surface area contributed by atoms with E-state index >= 15 is 0 Å². The third kappa shape index (κ3) is 1.29. The Morgan fingerprint density at radius 1 is 1.00 bits per heavy atom. The van der Waals surface area contributed by atoms with Crippen LogP contribution in [0.15, 0.2) is 4.42 Å². The minimum Gasteiger partial charge on any atom is -0.461 e. The Morgan fingerprint density at radius 2 is 1.36 bits per heavy atom. The first-order valence-electron chi connectivity index (χ1n) is 3.50. The molecule has 0 radical (unpaired) electrons. The molecule has 0 unspecified atom stereocenters. The molecule has 1 heterocycles. The number of rotatable bonds is 2. The van der Waals surface area contributed by atoms with Gasteiger partial charge >= 0.3 is 0 Å². The third-order valence-corrected chi connectivity index (χ3v) is 1.93. The van der Waals surface area contributed by atoms with Crippen LogP contribution in [0.25, 0.3) is 0 Å². The largest absolute Gasteiger partial charge is 0.461 e. The first-order valence-corrected chi connectivity index (χ1v) is 3.50. The molecule has 3 heteroatoms. The van der Waals surface area contributed by atoms with Gasteiger partial charge in [-0.15, -0.1) is 0 Å². The van der Waals surface area contributed by atoms with E-state index in [1.807, 2.05) is 13.8 Å². The van der Waals surface area contributed by atoms with Crippen LogP contribution in [0.1, 0.15) is 22.6 Å². The SMILES string of the molecule is Cc1c(CO)oc(CO)c1C. The highest BCUT2D eigenvalue weighted by molar-refractivity contribution is 5.30. The molecule has 1 rings (SSSR count). The number of hydrogen-bond acceptors (Lipinski definition) is 3. The van der Waals surface area contributed by atoms with Gasteiger partial charge in [-0.2, -0.15) is 0 Å². The van der Waals surface area contributed by atoms with Crippen molar-refractivity contribution >= 4 is 0 Å². The molecule has 11 heavy (non-hydrogen) atoms. The average Bonchev–Trinajstić information content (AvgIpc) is 2.30. The maximum atomic E-state index is 8.78. The Labute approximate surface area is 65.3 Å². The normalized spacial score (nSPS) is 10.5. The summed E-state index contributed by atoms with van der Waals surface area (Å²) in [5.41, 5.74) is 1.85. The molecule has 0 spiro atoms. The summed E-state index contributed by atoms with van der Waals surface area (Å²) in [7, 11) is 0. The summed E-state index contributed by atoms with van der Waals surface area (Å²) in [4.78, 5) is 0. The summed E-state index contributed by atoms with van der Waals surface area (Å²) in [5, 5.41) is 17.6. The second-order valence-electron chi connectivity index (χ2n) is 2.51. The van der Waals surface area contributed by atoms with Crippen molar-refractivity contribution in [1.29, 1.82) is 0 Å². The van der Waals surface area contributed by atoms with Crippen LogP contribution in [0.2, 0.25) is 0 Å². The highest BCUT2D eigenvalue weighted by Crippen LogP contribution is 2.20. The van der Waals surface area contributed by atoms with Crippen molar-refractivity contribution in [3.05, 3.63) is 22.6 Å². The van der Waals surface area contributed by atoms with Crippen LogP contribution in [-0.2, 0) is 13.2 Å². The maximum Gasteiger partial charge on any atom is 0.132 e. The van der Waals surface area contributed by atoms with E-state index in [0.717, 1.165) is 11.1 Å². The van der Waals surface area contributed by atoms with Gasteiger partial charge in [-0.05, 0) is 25.0 Å². The maximum absolute atomic E-state index is 8.78. The summed E-state index contributed by atoms with van der Waals surface area (Å²) >= 11 is 0. The van der Waals surface area contributed by atoms with Gasteiger partial charge in [-0.3, -0.25) is 0 Å². The zero-order chi connectivity index (χ0) is 8.43. The Hall–Kier alpha value is -0.800. The molecule has 0 aliphatic rings. The van der Waals surface area contributed by atoms with Crippen molar-refractivity contribution in [2.24, 2.45) is 0 Å². The van der Waals surface area contributed by atoms with E-state index in [2.05, 4.69) is 0 Å². The third-order valence-electron chi connectivity index (χ3n) is 1.93. The Morgan fingerprint density at radius 3 is 1.55 bits per heavy atom. The molecule has 0 amide bonds. The lowest BCUT2D eigenvalue weighted by Gasteiger charge is -1.89. The zero-order valence-corrected chi connectivity index (χ0v) is 6.72. The molecule has 0 aromatic carbocycles. The van der Waals surface area contributed by atoms with Crippen LogP contribution >= 0.6 is 0 Å². The molecule has 0 saturated carbocycles. The molecular formula is C8H12O3. The van der Waals surface area contributed by atoms with Crippen LogP contribution in [0, 0.1) is 13.8 Å². The molecule has 0 aliphatic carbocycles. The van der Waals surface area contributed by atoms with Crippen molar-refractivity contribution < 1.29 is 14.6 Å². The zero-order valence-electron chi connectivity index (χ0n) is 6.72. The Bertz CT molecular complexity index is 226. The van der Waals surface area contributed by atoms with Gasteiger partial charge in [0.05, 0.1) is 0 Å². The van der Waals surface area contributed by atoms with Crippen LogP contribution in [0.5, 0.6) is 0 Å². The van der Waals surface area contributed by atoms with Crippen molar-refractivity contribution in [1.82, 2.24) is 0 Å².